The second-order valence-electron chi connectivity index (χ2n) is 11.2. The molecule has 224 valence electrons. The molecule has 6 heteroatoms. The summed E-state index contributed by atoms with van der Waals surface area (Å²) < 4.78 is 0. The van der Waals surface area contributed by atoms with Gasteiger partial charge >= 0.3 is 0 Å². The molecule has 1 fully saturated rings. The van der Waals surface area contributed by atoms with Crippen LogP contribution in [-0.4, -0.2) is 83.2 Å². The molecule has 0 spiro atoms. The Morgan fingerprint density at radius 3 is 2.24 bits per heavy atom. The van der Waals surface area contributed by atoms with E-state index in [9.17, 15) is 0 Å². The highest BCUT2D eigenvalue weighted by Gasteiger charge is 2.33. The van der Waals surface area contributed by atoms with Gasteiger partial charge in [0.25, 0.3) is 0 Å². The summed E-state index contributed by atoms with van der Waals surface area (Å²) in [5, 5.41) is 13.9. The predicted molar refractivity (Wildman–Crippen MR) is 172 cm³/mol. The molecule has 4 N–H and O–H groups in total. The van der Waals surface area contributed by atoms with Crippen LogP contribution >= 0.6 is 0 Å². The fourth-order valence-corrected chi connectivity index (χ4v) is 5.23. The normalized spacial score (nSPS) is 20.0. The molecule has 1 saturated carbocycles. The number of rotatable bonds is 18. The van der Waals surface area contributed by atoms with Gasteiger partial charge in [-0.25, -0.2) is 0 Å². The monoisotopic (exact) mass is 535 g/mol. The standard InChI is InChI=1S/C30H60N6.C2H6/c1-9-11-13-26(29(33-8)34-20-12-19-31-6)24-35-25(3)18-22-36(23-21-32-7)28-16-14-27(15-17-28)30(4,5)10-2;1-2/h9,11,13,25,27-28,31-32,35H,10,12,14-24H2,1-8H3,(H,33,34);1-2H3/b11-9-,26-13+;. The van der Waals surface area contributed by atoms with E-state index in [4.69, 9.17) is 0 Å². The first-order valence-electron chi connectivity index (χ1n) is 15.6. The van der Waals surface area contributed by atoms with Gasteiger partial charge in [0, 0.05) is 50.9 Å². The summed E-state index contributed by atoms with van der Waals surface area (Å²) in [7, 11) is 5.94. The molecule has 1 aliphatic rings. The van der Waals surface area contributed by atoms with Gasteiger partial charge in [0.1, 0.15) is 5.84 Å². The summed E-state index contributed by atoms with van der Waals surface area (Å²) in [6, 6.07) is 1.19. The van der Waals surface area contributed by atoms with E-state index in [-0.39, 0.29) is 0 Å². The Kier molecular flexibility index (Phi) is 21.9. The van der Waals surface area contributed by atoms with E-state index in [0.29, 0.717) is 11.5 Å². The van der Waals surface area contributed by atoms with Crippen LogP contribution in [0.4, 0.5) is 0 Å². The average molecular weight is 535 g/mol. The van der Waals surface area contributed by atoms with E-state index in [2.05, 4.69) is 91.1 Å². The van der Waals surface area contributed by atoms with E-state index in [0.717, 1.165) is 69.9 Å². The molecule has 1 rings (SSSR count). The molecule has 0 saturated heterocycles. The molecule has 1 aliphatic carbocycles. The molecule has 1 unspecified atom stereocenters. The lowest BCUT2D eigenvalue weighted by Gasteiger charge is -2.42. The minimum absolute atomic E-state index is 0.453. The first kappa shape index (κ1) is 36.8. The third-order valence-corrected chi connectivity index (χ3v) is 8.28. The van der Waals surface area contributed by atoms with Crippen molar-refractivity contribution in [1.82, 2.24) is 26.2 Å². The van der Waals surface area contributed by atoms with Crippen LogP contribution in [0.15, 0.2) is 28.8 Å². The predicted octanol–water partition coefficient (Wildman–Crippen LogP) is 5.63. The number of allylic oxidation sites excluding steroid dienone is 3. The molecule has 0 heterocycles. The Balaban J connectivity index is 0.00000667. The Bertz CT molecular complexity index is 646. The summed E-state index contributed by atoms with van der Waals surface area (Å²) in [4.78, 5) is 7.31. The molecular formula is C32H66N6. The van der Waals surface area contributed by atoms with Crippen molar-refractivity contribution >= 4 is 5.84 Å². The van der Waals surface area contributed by atoms with Crippen LogP contribution in [0.3, 0.4) is 0 Å². The highest BCUT2D eigenvalue weighted by molar-refractivity contribution is 5.98. The van der Waals surface area contributed by atoms with Crippen LogP contribution in [-0.2, 0) is 0 Å². The number of nitrogens with one attached hydrogen (secondary N) is 4. The van der Waals surface area contributed by atoms with Crippen LogP contribution < -0.4 is 21.3 Å². The van der Waals surface area contributed by atoms with Gasteiger partial charge in [-0.3, -0.25) is 9.89 Å². The number of amidine groups is 1. The van der Waals surface area contributed by atoms with Crippen LogP contribution in [0.25, 0.3) is 0 Å². The molecule has 38 heavy (non-hydrogen) atoms. The lowest BCUT2D eigenvalue weighted by atomic mass is 9.68. The number of hydrogen-bond donors (Lipinski definition) is 4. The van der Waals surface area contributed by atoms with Crippen LogP contribution in [0.5, 0.6) is 0 Å². The van der Waals surface area contributed by atoms with Crippen molar-refractivity contribution in [2.45, 2.75) is 105 Å². The van der Waals surface area contributed by atoms with Gasteiger partial charge in [0.05, 0.1) is 0 Å². The SMILES string of the molecule is C/C=C\C=C(/CNC(C)CCN(CCNC)C1CCC(C(C)(C)CC)CC1)C(=NC)NCCCNC.CC. The highest BCUT2D eigenvalue weighted by Crippen LogP contribution is 2.41. The van der Waals surface area contributed by atoms with E-state index >= 15 is 0 Å². The molecule has 0 radical (unpaired) electrons. The molecule has 6 nitrogen and oxygen atoms in total. The maximum Gasteiger partial charge on any atom is 0.125 e. The van der Waals surface area contributed by atoms with E-state index < -0.39 is 0 Å². The summed E-state index contributed by atoms with van der Waals surface area (Å²) in [5.74, 6) is 1.88. The molecule has 1 atom stereocenters. The first-order chi connectivity index (χ1) is 18.3. The van der Waals surface area contributed by atoms with Gasteiger partial charge in [-0.15, -0.1) is 0 Å². The van der Waals surface area contributed by atoms with Crippen LogP contribution in [0, 0.1) is 11.3 Å². The molecule has 0 aromatic heterocycles. The van der Waals surface area contributed by atoms with Gasteiger partial charge < -0.3 is 21.3 Å². The smallest absolute Gasteiger partial charge is 0.125 e. The quantitative estimate of drug-likeness (QED) is 0.0795. The maximum absolute atomic E-state index is 4.54. The van der Waals surface area contributed by atoms with Crippen molar-refractivity contribution in [3.63, 3.8) is 0 Å². The summed E-state index contributed by atoms with van der Waals surface area (Å²) in [6.07, 6.45) is 15.4. The highest BCUT2D eigenvalue weighted by atomic mass is 15.2. The number of hydrogen-bond acceptors (Lipinski definition) is 5. The fraction of sp³-hybridized carbons (Fsp3) is 0.844. The van der Waals surface area contributed by atoms with E-state index in [1.54, 1.807) is 0 Å². The lowest BCUT2D eigenvalue weighted by molar-refractivity contribution is 0.0837. The van der Waals surface area contributed by atoms with Crippen molar-refractivity contribution in [2.75, 3.05) is 60.4 Å². The summed E-state index contributed by atoms with van der Waals surface area (Å²) in [5.41, 5.74) is 1.70. The Morgan fingerprint density at radius 1 is 1.03 bits per heavy atom. The van der Waals surface area contributed by atoms with Crippen molar-refractivity contribution in [3.05, 3.63) is 23.8 Å². The molecular weight excluding hydrogens is 468 g/mol. The summed E-state index contributed by atoms with van der Waals surface area (Å²) in [6.45, 7) is 21.8. The van der Waals surface area contributed by atoms with Crippen LogP contribution in [0.1, 0.15) is 93.4 Å². The molecule has 0 aromatic rings. The third-order valence-electron chi connectivity index (χ3n) is 8.28. The minimum atomic E-state index is 0.453. The van der Waals surface area contributed by atoms with Crippen molar-refractivity contribution in [1.29, 1.82) is 0 Å². The number of aliphatic imine (C=N–C) groups is 1. The number of nitrogens with zero attached hydrogens (tertiary/aromatic N) is 2. The second kappa shape index (κ2) is 22.6. The van der Waals surface area contributed by atoms with Gasteiger partial charge in [-0.05, 0) is 90.9 Å². The lowest BCUT2D eigenvalue weighted by Crippen LogP contribution is -2.45. The van der Waals surface area contributed by atoms with Gasteiger partial charge in [-0.2, -0.15) is 0 Å². The number of likely N-dealkylation sites (N-methyl/N-ethyl adjacent to an activating group) is 1. The Hall–Kier alpha value is -1.21. The van der Waals surface area contributed by atoms with E-state index in [1.165, 1.54) is 37.7 Å². The van der Waals surface area contributed by atoms with E-state index in [1.807, 2.05) is 27.9 Å². The van der Waals surface area contributed by atoms with Gasteiger partial charge in [-0.1, -0.05) is 59.3 Å². The summed E-state index contributed by atoms with van der Waals surface area (Å²) >= 11 is 0. The van der Waals surface area contributed by atoms with Crippen molar-refractivity contribution < 1.29 is 0 Å². The maximum atomic E-state index is 4.54. The zero-order valence-corrected chi connectivity index (χ0v) is 27.1. The fourth-order valence-electron chi connectivity index (χ4n) is 5.23. The largest absolute Gasteiger partial charge is 0.370 e. The van der Waals surface area contributed by atoms with Crippen molar-refractivity contribution in [2.24, 2.45) is 16.3 Å². The molecule has 0 aromatic carbocycles. The molecule has 0 aliphatic heterocycles. The topological polar surface area (TPSA) is 63.7 Å². The first-order valence-corrected chi connectivity index (χ1v) is 15.6. The van der Waals surface area contributed by atoms with Gasteiger partial charge in [0.15, 0.2) is 0 Å². The van der Waals surface area contributed by atoms with Crippen LogP contribution in [0.2, 0.25) is 0 Å². The zero-order valence-electron chi connectivity index (χ0n) is 27.1. The molecule has 0 amide bonds. The zero-order chi connectivity index (χ0) is 28.8. The van der Waals surface area contributed by atoms with Crippen molar-refractivity contribution in [3.8, 4) is 0 Å². The Morgan fingerprint density at radius 2 is 1.68 bits per heavy atom. The molecule has 0 bridgehead atoms. The third kappa shape index (κ3) is 14.8. The second-order valence-corrected chi connectivity index (χ2v) is 11.2. The van der Waals surface area contributed by atoms with Gasteiger partial charge in [0.2, 0.25) is 0 Å². The average Bonchev–Trinajstić information content (AvgIpc) is 2.95. The Labute approximate surface area is 238 Å². The minimum Gasteiger partial charge on any atom is -0.370 e.